The summed E-state index contributed by atoms with van der Waals surface area (Å²) >= 11 is 0. The molecule has 1 aromatic heterocycles. The van der Waals surface area contributed by atoms with Gasteiger partial charge in [-0.2, -0.15) is 15.6 Å². The van der Waals surface area contributed by atoms with Crippen LogP contribution in [0.5, 0.6) is 0 Å². The summed E-state index contributed by atoms with van der Waals surface area (Å²) in [6.07, 6.45) is 0. The SMILES string of the molecule is CNC(C)C(=O)NC1CN(C(=O)c2ccc(C(C)=O)cc2)c2cc(C#N)ccc2N(Cc2nn(-c3ccccc3C#N)c3ccccc23)C1=O.Cl. The third-order valence-electron chi connectivity index (χ3n) is 8.77. The van der Waals surface area contributed by atoms with Gasteiger partial charge in [-0.1, -0.05) is 42.5 Å². The minimum absolute atomic E-state index is 0. The Morgan fingerprint density at radius 2 is 1.59 bits per heavy atom. The van der Waals surface area contributed by atoms with Gasteiger partial charge in [0, 0.05) is 16.5 Å². The van der Waals surface area contributed by atoms with Crippen LogP contribution in [0.2, 0.25) is 0 Å². The number of nitrogens with one attached hydrogen (secondary N) is 2. The predicted molar refractivity (Wildman–Crippen MR) is 194 cm³/mol. The number of anilines is 2. The maximum atomic E-state index is 14.6. The lowest BCUT2D eigenvalue weighted by Crippen LogP contribution is -2.55. The van der Waals surface area contributed by atoms with Crippen LogP contribution in [-0.4, -0.2) is 59.0 Å². The molecular weight excluding hydrogens is 668 g/mol. The number of nitrogens with zero attached hydrogens (tertiary/aromatic N) is 6. The van der Waals surface area contributed by atoms with Gasteiger partial charge in [-0.15, -0.1) is 12.4 Å². The van der Waals surface area contributed by atoms with Crippen LogP contribution < -0.4 is 20.4 Å². The Bertz CT molecular complexity index is 2250. The number of Topliss-reactive ketones (excluding diaryl/α,β-unsaturated/α-hetero) is 1. The number of aromatic nitrogens is 2. The number of hydrogen-bond donors (Lipinski definition) is 2. The van der Waals surface area contributed by atoms with Crippen molar-refractivity contribution in [3.63, 3.8) is 0 Å². The van der Waals surface area contributed by atoms with Gasteiger partial charge in [0.05, 0.1) is 64.6 Å². The molecule has 3 amide bonds. The van der Waals surface area contributed by atoms with Crippen molar-refractivity contribution in [1.82, 2.24) is 20.4 Å². The highest BCUT2D eigenvalue weighted by atomic mass is 35.5. The summed E-state index contributed by atoms with van der Waals surface area (Å²) in [6, 6.07) is 27.9. The molecule has 0 radical (unpaired) electrons. The molecule has 2 atom stereocenters. The zero-order valence-electron chi connectivity index (χ0n) is 28.0. The summed E-state index contributed by atoms with van der Waals surface area (Å²) in [6.45, 7) is 2.78. The van der Waals surface area contributed by atoms with E-state index in [0.29, 0.717) is 33.7 Å². The van der Waals surface area contributed by atoms with Gasteiger partial charge in [0.15, 0.2) is 5.78 Å². The molecule has 51 heavy (non-hydrogen) atoms. The highest BCUT2D eigenvalue weighted by molar-refractivity contribution is 6.13. The molecule has 1 aliphatic rings. The maximum Gasteiger partial charge on any atom is 0.258 e. The van der Waals surface area contributed by atoms with Crippen LogP contribution in [0.1, 0.15) is 51.4 Å². The van der Waals surface area contributed by atoms with Crippen LogP contribution >= 0.6 is 12.4 Å². The molecule has 256 valence electrons. The average molecular weight is 701 g/mol. The number of benzene rings is 4. The van der Waals surface area contributed by atoms with Gasteiger partial charge in [0.1, 0.15) is 12.1 Å². The van der Waals surface area contributed by atoms with E-state index in [-0.39, 0.29) is 48.1 Å². The molecule has 0 saturated carbocycles. The normalized spacial score (nSPS) is 14.4. The number of likely N-dealkylation sites (N-methyl/N-ethyl adjacent to an activating group) is 1. The van der Waals surface area contributed by atoms with Gasteiger partial charge in [-0.25, -0.2) is 4.68 Å². The fourth-order valence-electron chi connectivity index (χ4n) is 5.93. The van der Waals surface area contributed by atoms with Gasteiger partial charge in [-0.3, -0.25) is 19.2 Å². The number of fused-ring (bicyclic) bond motifs is 2. The summed E-state index contributed by atoms with van der Waals surface area (Å²) in [5.41, 5.74) is 3.76. The quantitative estimate of drug-likeness (QED) is 0.220. The molecule has 12 nitrogen and oxygen atoms in total. The molecule has 1 aliphatic heterocycles. The lowest BCUT2D eigenvalue weighted by molar-refractivity contribution is -0.128. The highest BCUT2D eigenvalue weighted by Gasteiger charge is 2.38. The molecule has 0 saturated heterocycles. The fourth-order valence-corrected chi connectivity index (χ4v) is 5.93. The van der Waals surface area contributed by atoms with E-state index in [1.165, 1.54) is 34.9 Å². The minimum Gasteiger partial charge on any atom is -0.341 e. The van der Waals surface area contributed by atoms with Crippen molar-refractivity contribution in [2.24, 2.45) is 0 Å². The van der Waals surface area contributed by atoms with E-state index >= 15 is 0 Å². The Morgan fingerprint density at radius 1 is 0.902 bits per heavy atom. The van der Waals surface area contributed by atoms with Crippen LogP contribution in [0.4, 0.5) is 11.4 Å². The number of nitriles is 2. The van der Waals surface area contributed by atoms with E-state index in [4.69, 9.17) is 5.10 Å². The maximum absolute atomic E-state index is 14.6. The van der Waals surface area contributed by atoms with Crippen LogP contribution in [0.15, 0.2) is 91.0 Å². The van der Waals surface area contributed by atoms with Crippen LogP contribution in [0.25, 0.3) is 16.6 Å². The number of carbonyl (C=O) groups excluding carboxylic acids is 4. The number of para-hydroxylation sites is 2. The molecule has 2 heterocycles. The predicted octanol–water partition coefficient (Wildman–Crippen LogP) is 4.68. The largest absolute Gasteiger partial charge is 0.341 e. The van der Waals surface area contributed by atoms with Crippen LogP contribution in [-0.2, 0) is 16.1 Å². The lowest BCUT2D eigenvalue weighted by atomic mass is 10.1. The minimum atomic E-state index is -1.19. The standard InChI is InChI=1S/C38H32N8O4.ClH/c1-23(41-3)36(48)42-31-22-45(37(49)27-15-13-26(14-16-27)24(2)47)35-18-25(19-39)12-17-34(35)44(38(31)50)21-30-29-9-5-7-11-33(29)46(43-30)32-10-6-4-8-28(32)20-40;/h4-18,23,31,41H,21-22H2,1-3H3,(H,42,48);1H. The van der Waals surface area contributed by atoms with Crippen molar-refractivity contribution in [1.29, 1.82) is 10.5 Å². The lowest BCUT2D eigenvalue weighted by Gasteiger charge is -2.26. The van der Waals surface area contributed by atoms with Gasteiger partial charge >= 0.3 is 0 Å². The number of ketones is 1. The van der Waals surface area contributed by atoms with E-state index in [9.17, 15) is 29.7 Å². The zero-order chi connectivity index (χ0) is 35.5. The average Bonchev–Trinajstić information content (AvgIpc) is 3.47. The van der Waals surface area contributed by atoms with Crippen molar-refractivity contribution in [3.05, 3.63) is 119 Å². The second-order valence-electron chi connectivity index (χ2n) is 11.9. The summed E-state index contributed by atoms with van der Waals surface area (Å²) in [5, 5.41) is 31.0. The first kappa shape index (κ1) is 36.0. The Balaban J connectivity index is 0.00000504. The smallest absolute Gasteiger partial charge is 0.258 e. The molecule has 2 N–H and O–H groups in total. The van der Waals surface area contributed by atoms with E-state index in [0.717, 1.165) is 5.39 Å². The summed E-state index contributed by atoms with van der Waals surface area (Å²) in [4.78, 5) is 56.8. The Kier molecular flexibility index (Phi) is 10.6. The van der Waals surface area contributed by atoms with Crippen molar-refractivity contribution in [2.75, 3.05) is 23.4 Å². The molecule has 0 bridgehead atoms. The number of carbonyl (C=O) groups is 4. The number of amides is 3. The van der Waals surface area contributed by atoms with Crippen molar-refractivity contribution in [2.45, 2.75) is 32.5 Å². The van der Waals surface area contributed by atoms with Crippen LogP contribution in [0, 0.1) is 22.7 Å². The molecule has 4 aromatic carbocycles. The first-order chi connectivity index (χ1) is 24.1. The summed E-state index contributed by atoms with van der Waals surface area (Å²) < 4.78 is 1.67. The Labute approximate surface area is 300 Å². The first-order valence-electron chi connectivity index (χ1n) is 15.9. The van der Waals surface area contributed by atoms with Crippen LogP contribution in [0.3, 0.4) is 0 Å². The Morgan fingerprint density at radius 3 is 2.27 bits per heavy atom. The second-order valence-corrected chi connectivity index (χ2v) is 11.9. The molecule has 0 spiro atoms. The van der Waals surface area contributed by atoms with Gasteiger partial charge < -0.3 is 20.4 Å². The Hall–Kier alpha value is -6.34. The molecule has 5 aromatic rings. The van der Waals surface area contributed by atoms with E-state index in [2.05, 4.69) is 22.8 Å². The van der Waals surface area contributed by atoms with Gasteiger partial charge in [0.25, 0.3) is 11.8 Å². The van der Waals surface area contributed by atoms with E-state index < -0.39 is 29.8 Å². The molecular formula is C38H33ClN8O4. The topological polar surface area (TPSA) is 164 Å². The molecule has 0 fully saturated rings. The second kappa shape index (κ2) is 15.0. The van der Waals surface area contributed by atoms with E-state index in [1.54, 1.807) is 61.1 Å². The van der Waals surface area contributed by atoms with E-state index in [1.807, 2.05) is 30.3 Å². The zero-order valence-corrected chi connectivity index (χ0v) is 28.8. The molecule has 13 heteroatoms. The summed E-state index contributed by atoms with van der Waals surface area (Å²) in [7, 11) is 1.62. The number of rotatable bonds is 8. The third kappa shape index (κ3) is 6.92. The monoisotopic (exact) mass is 700 g/mol. The fraction of sp³-hybridized carbons (Fsp3) is 0.184. The van der Waals surface area contributed by atoms with Crippen molar-refractivity contribution >= 4 is 58.2 Å². The molecule has 0 aliphatic carbocycles. The van der Waals surface area contributed by atoms with Crippen molar-refractivity contribution in [3.8, 4) is 17.8 Å². The summed E-state index contributed by atoms with van der Waals surface area (Å²) in [5.74, 6) is -1.59. The van der Waals surface area contributed by atoms with Gasteiger partial charge in [0.2, 0.25) is 5.91 Å². The third-order valence-corrected chi connectivity index (χ3v) is 8.77. The van der Waals surface area contributed by atoms with Crippen molar-refractivity contribution < 1.29 is 19.2 Å². The molecule has 6 rings (SSSR count). The first-order valence-corrected chi connectivity index (χ1v) is 15.9. The van der Waals surface area contributed by atoms with Gasteiger partial charge in [-0.05, 0) is 69.4 Å². The number of halogens is 1. The molecule has 2 unspecified atom stereocenters. The number of hydrogen-bond acceptors (Lipinski definition) is 8. The highest BCUT2D eigenvalue weighted by Crippen LogP contribution is 2.37.